The van der Waals surface area contributed by atoms with Crippen LogP contribution in [0.5, 0.6) is 0 Å². The molecule has 1 aliphatic heterocycles. The van der Waals surface area contributed by atoms with Crippen molar-refractivity contribution in [2.24, 2.45) is 5.73 Å². The minimum absolute atomic E-state index is 0.0109. The molecular weight excluding hydrogens is 347 g/mol. The lowest BCUT2D eigenvalue weighted by Crippen LogP contribution is -2.43. The molecule has 0 unspecified atom stereocenters. The minimum atomic E-state index is -0.720. The standard InChI is InChI=1S/C20H19FN4O2/c21-16-4-2-1-3-15(16)20-24-17(19(22)26)18(27-20)13-5-7-14(8-6-13)25-11-9-23-10-12-25/h1-8,23H,9-12H2,(H2,22,26). The van der Waals surface area contributed by atoms with E-state index >= 15 is 0 Å². The third-order valence-corrected chi connectivity index (χ3v) is 4.58. The van der Waals surface area contributed by atoms with Crippen molar-refractivity contribution < 1.29 is 13.6 Å². The summed E-state index contributed by atoms with van der Waals surface area (Å²) < 4.78 is 19.8. The molecular formula is C20H19FN4O2. The number of piperazine rings is 1. The maximum Gasteiger partial charge on any atom is 0.271 e. The summed E-state index contributed by atoms with van der Waals surface area (Å²) in [5.41, 5.74) is 7.39. The van der Waals surface area contributed by atoms with Crippen molar-refractivity contribution >= 4 is 11.6 Å². The Labute approximate surface area is 155 Å². The van der Waals surface area contributed by atoms with Crippen molar-refractivity contribution in [3.05, 3.63) is 60.0 Å². The summed E-state index contributed by atoms with van der Waals surface area (Å²) >= 11 is 0. The third kappa shape index (κ3) is 3.41. The molecule has 1 amide bonds. The van der Waals surface area contributed by atoms with Crippen LogP contribution in [-0.4, -0.2) is 37.1 Å². The van der Waals surface area contributed by atoms with Gasteiger partial charge in [-0.15, -0.1) is 0 Å². The number of carbonyl (C=O) groups excluding carboxylic acids is 1. The molecule has 7 heteroatoms. The molecule has 2 aromatic carbocycles. The van der Waals surface area contributed by atoms with E-state index in [0.717, 1.165) is 31.9 Å². The second-order valence-corrected chi connectivity index (χ2v) is 6.32. The van der Waals surface area contributed by atoms with Crippen LogP contribution in [0.2, 0.25) is 0 Å². The zero-order valence-corrected chi connectivity index (χ0v) is 14.6. The van der Waals surface area contributed by atoms with Crippen LogP contribution >= 0.6 is 0 Å². The van der Waals surface area contributed by atoms with Crippen molar-refractivity contribution in [2.75, 3.05) is 31.1 Å². The highest BCUT2D eigenvalue weighted by Gasteiger charge is 2.22. The van der Waals surface area contributed by atoms with Gasteiger partial charge in [0.15, 0.2) is 11.5 Å². The number of rotatable bonds is 4. The number of hydrogen-bond acceptors (Lipinski definition) is 5. The van der Waals surface area contributed by atoms with Gasteiger partial charge in [0.2, 0.25) is 5.89 Å². The zero-order valence-electron chi connectivity index (χ0n) is 14.6. The molecule has 4 rings (SSSR count). The summed E-state index contributed by atoms with van der Waals surface area (Å²) in [5.74, 6) is -0.923. The van der Waals surface area contributed by atoms with E-state index in [9.17, 15) is 9.18 Å². The minimum Gasteiger partial charge on any atom is -0.435 e. The second kappa shape index (κ2) is 7.20. The van der Waals surface area contributed by atoms with E-state index in [1.54, 1.807) is 18.2 Å². The summed E-state index contributed by atoms with van der Waals surface area (Å²) in [7, 11) is 0. The molecule has 0 atom stereocenters. The van der Waals surface area contributed by atoms with Gasteiger partial charge in [-0.1, -0.05) is 12.1 Å². The highest BCUT2D eigenvalue weighted by molar-refractivity contribution is 5.97. The lowest BCUT2D eigenvalue weighted by atomic mass is 10.1. The fourth-order valence-corrected chi connectivity index (χ4v) is 3.18. The van der Waals surface area contributed by atoms with Gasteiger partial charge in [0.1, 0.15) is 5.82 Å². The number of nitrogens with zero attached hydrogens (tertiary/aromatic N) is 2. The fraction of sp³-hybridized carbons (Fsp3) is 0.200. The summed E-state index contributed by atoms with van der Waals surface area (Å²) in [5, 5.41) is 3.32. The molecule has 2 heterocycles. The van der Waals surface area contributed by atoms with Crippen LogP contribution in [0.3, 0.4) is 0 Å². The first-order valence-electron chi connectivity index (χ1n) is 8.75. The van der Waals surface area contributed by atoms with Crippen LogP contribution in [0, 0.1) is 5.82 Å². The van der Waals surface area contributed by atoms with Crippen LogP contribution in [0.25, 0.3) is 22.8 Å². The number of benzene rings is 2. The molecule has 3 N–H and O–H groups in total. The number of anilines is 1. The molecule has 0 saturated carbocycles. The molecule has 0 bridgehead atoms. The average molecular weight is 366 g/mol. The average Bonchev–Trinajstić information content (AvgIpc) is 3.15. The van der Waals surface area contributed by atoms with Gasteiger partial charge in [-0.3, -0.25) is 4.79 Å². The molecule has 0 aliphatic carbocycles. The number of amides is 1. The van der Waals surface area contributed by atoms with Gasteiger partial charge in [-0.2, -0.15) is 0 Å². The first-order chi connectivity index (χ1) is 13.1. The molecule has 1 fully saturated rings. The number of primary amides is 1. The third-order valence-electron chi connectivity index (χ3n) is 4.58. The summed E-state index contributed by atoms with van der Waals surface area (Å²) in [4.78, 5) is 18.2. The molecule has 0 spiro atoms. The van der Waals surface area contributed by atoms with Gasteiger partial charge in [-0.05, 0) is 36.4 Å². The van der Waals surface area contributed by atoms with E-state index < -0.39 is 11.7 Å². The molecule has 27 heavy (non-hydrogen) atoms. The van der Waals surface area contributed by atoms with Crippen molar-refractivity contribution in [2.45, 2.75) is 0 Å². The Morgan fingerprint density at radius 2 is 1.81 bits per heavy atom. The van der Waals surface area contributed by atoms with Crippen molar-refractivity contribution in [3.63, 3.8) is 0 Å². The monoisotopic (exact) mass is 366 g/mol. The van der Waals surface area contributed by atoms with E-state index in [-0.39, 0.29) is 22.9 Å². The van der Waals surface area contributed by atoms with E-state index in [0.29, 0.717) is 5.56 Å². The number of oxazole rings is 1. The van der Waals surface area contributed by atoms with Crippen LogP contribution in [0.15, 0.2) is 52.9 Å². The van der Waals surface area contributed by atoms with Gasteiger partial charge < -0.3 is 20.4 Å². The van der Waals surface area contributed by atoms with Crippen molar-refractivity contribution in [1.29, 1.82) is 0 Å². The summed E-state index contributed by atoms with van der Waals surface area (Å²) in [6.45, 7) is 3.76. The lowest BCUT2D eigenvalue weighted by molar-refractivity contribution is 0.0996. The van der Waals surface area contributed by atoms with E-state index in [1.165, 1.54) is 6.07 Å². The molecule has 3 aromatic rings. The molecule has 1 aliphatic rings. The molecule has 0 radical (unpaired) electrons. The van der Waals surface area contributed by atoms with Crippen LogP contribution in [0.4, 0.5) is 10.1 Å². The Kier molecular flexibility index (Phi) is 4.60. The van der Waals surface area contributed by atoms with Crippen LogP contribution in [-0.2, 0) is 0 Å². The number of hydrogen-bond donors (Lipinski definition) is 2. The number of halogens is 1. The van der Waals surface area contributed by atoms with Crippen LogP contribution < -0.4 is 16.0 Å². The molecule has 6 nitrogen and oxygen atoms in total. The number of carbonyl (C=O) groups is 1. The summed E-state index contributed by atoms with van der Waals surface area (Å²) in [6.07, 6.45) is 0. The Balaban J connectivity index is 1.70. The first-order valence-corrected chi connectivity index (χ1v) is 8.75. The molecule has 138 valence electrons. The van der Waals surface area contributed by atoms with Gasteiger partial charge >= 0.3 is 0 Å². The highest BCUT2D eigenvalue weighted by Crippen LogP contribution is 2.32. The maximum atomic E-state index is 14.1. The normalized spacial score (nSPS) is 14.3. The van der Waals surface area contributed by atoms with Gasteiger partial charge in [-0.25, -0.2) is 9.37 Å². The Hall–Kier alpha value is -3.19. The van der Waals surface area contributed by atoms with Gasteiger partial charge in [0.05, 0.1) is 5.56 Å². The lowest BCUT2D eigenvalue weighted by Gasteiger charge is -2.29. The van der Waals surface area contributed by atoms with E-state index in [2.05, 4.69) is 15.2 Å². The molecule has 1 aromatic heterocycles. The first kappa shape index (κ1) is 17.2. The highest BCUT2D eigenvalue weighted by atomic mass is 19.1. The van der Waals surface area contributed by atoms with Crippen LogP contribution in [0.1, 0.15) is 10.5 Å². The Morgan fingerprint density at radius 1 is 1.11 bits per heavy atom. The van der Waals surface area contributed by atoms with E-state index in [4.69, 9.17) is 10.2 Å². The van der Waals surface area contributed by atoms with E-state index in [1.807, 2.05) is 24.3 Å². The predicted molar refractivity (Wildman–Crippen MR) is 101 cm³/mol. The largest absolute Gasteiger partial charge is 0.435 e. The number of nitrogens with one attached hydrogen (secondary N) is 1. The topological polar surface area (TPSA) is 84.4 Å². The molecule has 1 saturated heterocycles. The second-order valence-electron chi connectivity index (χ2n) is 6.32. The zero-order chi connectivity index (χ0) is 18.8. The predicted octanol–water partition coefficient (Wildman–Crippen LogP) is 2.66. The fourth-order valence-electron chi connectivity index (χ4n) is 3.18. The summed E-state index contributed by atoms with van der Waals surface area (Å²) in [6, 6.07) is 13.8. The smallest absolute Gasteiger partial charge is 0.271 e. The number of aromatic nitrogens is 1. The van der Waals surface area contributed by atoms with Gasteiger partial charge in [0.25, 0.3) is 5.91 Å². The maximum absolute atomic E-state index is 14.1. The van der Waals surface area contributed by atoms with Crippen molar-refractivity contribution in [3.8, 4) is 22.8 Å². The Morgan fingerprint density at radius 3 is 2.48 bits per heavy atom. The Bertz CT molecular complexity index is 962. The SMILES string of the molecule is NC(=O)c1nc(-c2ccccc2F)oc1-c1ccc(N2CCNCC2)cc1. The van der Waals surface area contributed by atoms with Crippen molar-refractivity contribution in [1.82, 2.24) is 10.3 Å². The quantitative estimate of drug-likeness (QED) is 0.742. The van der Waals surface area contributed by atoms with Gasteiger partial charge in [0, 0.05) is 37.4 Å². The number of nitrogens with two attached hydrogens (primary N) is 1.